The van der Waals surface area contributed by atoms with Crippen molar-refractivity contribution in [2.24, 2.45) is 5.92 Å². The Kier molecular flexibility index (Phi) is 4.76. The van der Waals surface area contributed by atoms with E-state index >= 15 is 0 Å². The lowest BCUT2D eigenvalue weighted by Gasteiger charge is -2.17. The van der Waals surface area contributed by atoms with Gasteiger partial charge >= 0.3 is 0 Å². The third-order valence-corrected chi connectivity index (χ3v) is 4.34. The molecule has 24 heavy (non-hydrogen) atoms. The molecule has 0 spiro atoms. The largest absolute Gasteiger partial charge is 0.369 e. The molecule has 2 aromatic rings. The smallest absolute Gasteiger partial charge is 0.223 e. The van der Waals surface area contributed by atoms with Gasteiger partial charge in [-0.3, -0.25) is 4.79 Å². The molecule has 1 fully saturated rings. The van der Waals surface area contributed by atoms with Crippen LogP contribution < -0.4 is 5.32 Å². The van der Waals surface area contributed by atoms with Crippen LogP contribution in [0.4, 0.5) is 5.82 Å². The van der Waals surface area contributed by atoms with Gasteiger partial charge in [0.25, 0.3) is 0 Å². The van der Waals surface area contributed by atoms with Crippen LogP contribution in [0.3, 0.4) is 0 Å². The Hall–Kier alpha value is -2.87. The SMILES string of the molecule is Cc1ccnc(NC[C@@H]2CC(=O)N(Cc3ccccc3)C2)c1C#N. The number of carbonyl (C=O) groups is 1. The molecule has 5 nitrogen and oxygen atoms in total. The number of pyridine rings is 1. The number of amides is 1. The lowest BCUT2D eigenvalue weighted by molar-refractivity contribution is -0.128. The van der Waals surface area contributed by atoms with Gasteiger partial charge in [-0.1, -0.05) is 30.3 Å². The molecule has 2 heterocycles. The molecule has 0 saturated carbocycles. The Bertz CT molecular complexity index is 767. The van der Waals surface area contributed by atoms with Crippen molar-refractivity contribution in [2.75, 3.05) is 18.4 Å². The average Bonchev–Trinajstić information content (AvgIpc) is 2.94. The molecular weight excluding hydrogens is 300 g/mol. The number of carbonyl (C=O) groups excluding carboxylic acids is 1. The molecule has 1 aromatic carbocycles. The second kappa shape index (κ2) is 7.14. The minimum absolute atomic E-state index is 0.184. The summed E-state index contributed by atoms with van der Waals surface area (Å²) in [5.41, 5.74) is 2.62. The second-order valence-electron chi connectivity index (χ2n) is 6.17. The number of likely N-dealkylation sites (tertiary alicyclic amines) is 1. The first kappa shape index (κ1) is 16.0. The summed E-state index contributed by atoms with van der Waals surface area (Å²) >= 11 is 0. The fraction of sp³-hybridized carbons (Fsp3) is 0.316. The Morgan fingerprint density at radius 2 is 2.12 bits per heavy atom. The summed E-state index contributed by atoms with van der Waals surface area (Å²) in [4.78, 5) is 18.4. The van der Waals surface area contributed by atoms with Crippen LogP contribution in [-0.2, 0) is 11.3 Å². The van der Waals surface area contributed by atoms with Crippen molar-refractivity contribution in [3.63, 3.8) is 0 Å². The number of hydrogen-bond acceptors (Lipinski definition) is 4. The van der Waals surface area contributed by atoms with Crippen molar-refractivity contribution in [3.8, 4) is 6.07 Å². The molecule has 1 saturated heterocycles. The molecule has 0 radical (unpaired) electrons. The molecule has 122 valence electrons. The van der Waals surface area contributed by atoms with Gasteiger partial charge in [0.1, 0.15) is 11.9 Å². The highest BCUT2D eigenvalue weighted by Crippen LogP contribution is 2.22. The molecule has 0 bridgehead atoms. The van der Waals surface area contributed by atoms with Gasteiger partial charge in [-0.05, 0) is 24.1 Å². The molecule has 0 unspecified atom stereocenters. The van der Waals surface area contributed by atoms with Crippen LogP contribution in [0.25, 0.3) is 0 Å². The van der Waals surface area contributed by atoms with Crippen molar-refractivity contribution >= 4 is 11.7 Å². The van der Waals surface area contributed by atoms with E-state index in [-0.39, 0.29) is 11.8 Å². The van der Waals surface area contributed by atoms with Crippen LogP contribution in [0.5, 0.6) is 0 Å². The average molecular weight is 320 g/mol. The number of nitrogens with one attached hydrogen (secondary N) is 1. The number of aromatic nitrogens is 1. The maximum absolute atomic E-state index is 12.2. The number of hydrogen-bond donors (Lipinski definition) is 1. The third-order valence-electron chi connectivity index (χ3n) is 4.34. The van der Waals surface area contributed by atoms with Crippen LogP contribution in [0, 0.1) is 24.2 Å². The van der Waals surface area contributed by atoms with Gasteiger partial charge in [0.2, 0.25) is 5.91 Å². The number of nitriles is 1. The van der Waals surface area contributed by atoms with E-state index in [0.717, 1.165) is 17.7 Å². The molecule has 1 aromatic heterocycles. The van der Waals surface area contributed by atoms with Crippen LogP contribution in [0.1, 0.15) is 23.1 Å². The Labute approximate surface area is 141 Å². The number of anilines is 1. The number of rotatable bonds is 5. The second-order valence-corrected chi connectivity index (χ2v) is 6.17. The summed E-state index contributed by atoms with van der Waals surface area (Å²) < 4.78 is 0. The van der Waals surface area contributed by atoms with Crippen LogP contribution in [0.15, 0.2) is 42.6 Å². The van der Waals surface area contributed by atoms with Crippen molar-refractivity contribution < 1.29 is 4.79 Å². The van der Waals surface area contributed by atoms with Gasteiger partial charge in [0.15, 0.2) is 0 Å². The van der Waals surface area contributed by atoms with Crippen LogP contribution >= 0.6 is 0 Å². The summed E-state index contributed by atoms with van der Waals surface area (Å²) in [6.45, 7) is 3.92. The minimum atomic E-state index is 0.184. The van der Waals surface area contributed by atoms with Crippen LogP contribution in [0.2, 0.25) is 0 Å². The van der Waals surface area contributed by atoms with Gasteiger partial charge in [0, 0.05) is 38.2 Å². The molecule has 3 rings (SSSR count). The zero-order valence-corrected chi connectivity index (χ0v) is 13.7. The van der Waals surface area contributed by atoms with Gasteiger partial charge in [-0.25, -0.2) is 4.98 Å². The molecular formula is C19H20N4O. The highest BCUT2D eigenvalue weighted by Gasteiger charge is 2.29. The van der Waals surface area contributed by atoms with E-state index in [1.54, 1.807) is 6.20 Å². The zero-order chi connectivity index (χ0) is 16.9. The van der Waals surface area contributed by atoms with Gasteiger partial charge < -0.3 is 10.2 Å². The highest BCUT2D eigenvalue weighted by atomic mass is 16.2. The maximum atomic E-state index is 12.2. The highest BCUT2D eigenvalue weighted by molar-refractivity contribution is 5.78. The fourth-order valence-corrected chi connectivity index (χ4v) is 3.02. The van der Waals surface area contributed by atoms with E-state index in [0.29, 0.717) is 30.9 Å². The molecule has 1 amide bonds. The van der Waals surface area contributed by atoms with Crippen molar-refractivity contribution in [2.45, 2.75) is 19.9 Å². The molecule has 1 atom stereocenters. The van der Waals surface area contributed by atoms with Gasteiger partial charge in [0.05, 0.1) is 5.56 Å². The summed E-state index contributed by atoms with van der Waals surface area (Å²) in [7, 11) is 0. The normalized spacial score (nSPS) is 16.9. The molecule has 0 aliphatic carbocycles. The molecule has 1 aliphatic heterocycles. The van der Waals surface area contributed by atoms with E-state index < -0.39 is 0 Å². The maximum Gasteiger partial charge on any atom is 0.223 e. The topological polar surface area (TPSA) is 69.0 Å². The summed E-state index contributed by atoms with van der Waals surface area (Å²) in [6, 6.07) is 14.0. The Balaban J connectivity index is 1.59. The zero-order valence-electron chi connectivity index (χ0n) is 13.7. The first-order valence-corrected chi connectivity index (χ1v) is 8.08. The quantitative estimate of drug-likeness (QED) is 0.919. The predicted molar refractivity (Wildman–Crippen MR) is 92.1 cm³/mol. The Morgan fingerprint density at radius 3 is 2.88 bits per heavy atom. The minimum Gasteiger partial charge on any atom is -0.369 e. The number of nitrogens with zero attached hydrogens (tertiary/aromatic N) is 3. The summed E-state index contributed by atoms with van der Waals surface area (Å²) in [5.74, 6) is 1.02. The third kappa shape index (κ3) is 3.54. The molecule has 1 aliphatic rings. The van der Waals surface area contributed by atoms with Gasteiger partial charge in [-0.2, -0.15) is 5.26 Å². The molecule has 1 N–H and O–H groups in total. The van der Waals surface area contributed by atoms with Crippen molar-refractivity contribution in [3.05, 3.63) is 59.3 Å². The Morgan fingerprint density at radius 1 is 1.33 bits per heavy atom. The van der Waals surface area contributed by atoms with E-state index in [4.69, 9.17) is 0 Å². The predicted octanol–water partition coefficient (Wildman–Crippen LogP) is 2.72. The van der Waals surface area contributed by atoms with E-state index in [1.165, 1.54) is 0 Å². The van der Waals surface area contributed by atoms with Crippen LogP contribution in [-0.4, -0.2) is 28.9 Å². The lowest BCUT2D eigenvalue weighted by atomic mass is 10.1. The van der Waals surface area contributed by atoms with Crippen molar-refractivity contribution in [1.82, 2.24) is 9.88 Å². The lowest BCUT2D eigenvalue weighted by Crippen LogP contribution is -2.25. The first-order valence-electron chi connectivity index (χ1n) is 8.08. The first-order chi connectivity index (χ1) is 11.7. The molecule has 5 heteroatoms. The standard InChI is InChI=1S/C19H20N4O/c1-14-7-8-21-19(17(14)10-20)22-11-16-9-18(24)23(13-16)12-15-5-3-2-4-6-15/h2-8,16H,9,11-13H2,1H3,(H,21,22)/t16-/m0/s1. The van der Waals surface area contributed by atoms with Gasteiger partial charge in [-0.15, -0.1) is 0 Å². The van der Waals surface area contributed by atoms with E-state index in [1.807, 2.05) is 48.2 Å². The summed E-state index contributed by atoms with van der Waals surface area (Å²) in [5, 5.41) is 12.5. The number of aryl methyl sites for hydroxylation is 1. The fourth-order valence-electron chi connectivity index (χ4n) is 3.02. The number of benzene rings is 1. The van der Waals surface area contributed by atoms with Crippen molar-refractivity contribution in [1.29, 1.82) is 5.26 Å². The monoisotopic (exact) mass is 320 g/mol. The van der Waals surface area contributed by atoms with E-state index in [9.17, 15) is 10.1 Å². The summed E-state index contributed by atoms with van der Waals surface area (Å²) in [6.07, 6.45) is 2.23. The van der Waals surface area contributed by atoms with E-state index in [2.05, 4.69) is 16.4 Å².